The Hall–Kier alpha value is -0.570. The molecule has 0 spiro atoms. The van der Waals surface area contributed by atoms with Gasteiger partial charge in [-0.25, -0.2) is 0 Å². The van der Waals surface area contributed by atoms with Crippen LogP contribution in [-0.2, 0) is 9.53 Å². The first-order valence-electron chi connectivity index (χ1n) is 4.41. The van der Waals surface area contributed by atoms with E-state index in [-0.39, 0.29) is 11.4 Å². The van der Waals surface area contributed by atoms with Gasteiger partial charge >= 0.3 is 5.97 Å². The fourth-order valence-electron chi connectivity index (χ4n) is 0.884. The molecule has 0 radical (unpaired) electrons. The Morgan fingerprint density at radius 1 is 1.58 bits per heavy atom. The molecular weight excluding hydrogens is 154 g/mol. The summed E-state index contributed by atoms with van der Waals surface area (Å²) in [5.74, 6) is -0.115. The predicted octanol–water partition coefficient (Wildman–Crippen LogP) is 0.938. The summed E-state index contributed by atoms with van der Waals surface area (Å²) in [4.78, 5) is 11.3. The Labute approximate surface area is 73.5 Å². The minimum absolute atomic E-state index is 0.115. The van der Waals surface area contributed by atoms with E-state index in [0.717, 1.165) is 13.0 Å². The number of hydrogen-bond donors (Lipinski definition) is 1. The first-order valence-corrected chi connectivity index (χ1v) is 4.41. The van der Waals surface area contributed by atoms with Gasteiger partial charge in [-0.15, -0.1) is 0 Å². The van der Waals surface area contributed by atoms with Gasteiger partial charge in [-0.1, -0.05) is 0 Å². The Kier molecular flexibility index (Phi) is 2.73. The molecule has 1 aliphatic heterocycles. The maximum absolute atomic E-state index is 11.3. The summed E-state index contributed by atoms with van der Waals surface area (Å²) in [5.41, 5.74) is -0.371. The number of carbonyl (C=O) groups is 1. The Morgan fingerprint density at radius 3 is 2.50 bits per heavy atom. The van der Waals surface area contributed by atoms with Crippen LogP contribution >= 0.6 is 0 Å². The maximum Gasteiger partial charge on any atom is 0.311 e. The van der Waals surface area contributed by atoms with Gasteiger partial charge in [0.1, 0.15) is 6.61 Å². The van der Waals surface area contributed by atoms with Gasteiger partial charge in [-0.05, 0) is 33.7 Å². The highest BCUT2D eigenvalue weighted by molar-refractivity contribution is 5.75. The topological polar surface area (TPSA) is 38.3 Å². The van der Waals surface area contributed by atoms with Gasteiger partial charge < -0.3 is 10.1 Å². The van der Waals surface area contributed by atoms with Crippen molar-refractivity contribution in [1.82, 2.24) is 5.32 Å². The standard InChI is InChI=1S/C9H17NO2/c1-9(2,3)8(11)12-6-7-4-5-10-7/h7,10H,4-6H2,1-3H3/t7-/m0/s1. The highest BCUT2D eigenvalue weighted by Gasteiger charge is 2.25. The quantitative estimate of drug-likeness (QED) is 0.628. The van der Waals surface area contributed by atoms with Gasteiger partial charge in [0, 0.05) is 6.04 Å². The molecular formula is C9H17NO2. The van der Waals surface area contributed by atoms with E-state index in [9.17, 15) is 4.79 Å². The van der Waals surface area contributed by atoms with Crippen molar-refractivity contribution in [3.05, 3.63) is 0 Å². The van der Waals surface area contributed by atoms with E-state index in [2.05, 4.69) is 5.32 Å². The molecule has 0 aliphatic carbocycles. The minimum atomic E-state index is -0.371. The molecule has 1 N–H and O–H groups in total. The lowest BCUT2D eigenvalue weighted by Gasteiger charge is -2.28. The molecule has 3 nitrogen and oxygen atoms in total. The van der Waals surface area contributed by atoms with Gasteiger partial charge in [0.25, 0.3) is 0 Å². The monoisotopic (exact) mass is 171 g/mol. The van der Waals surface area contributed by atoms with Crippen molar-refractivity contribution >= 4 is 5.97 Å². The number of rotatable bonds is 2. The zero-order valence-electron chi connectivity index (χ0n) is 8.02. The fourth-order valence-corrected chi connectivity index (χ4v) is 0.884. The molecule has 70 valence electrons. The summed E-state index contributed by atoms with van der Waals surface area (Å²) in [5, 5.41) is 3.18. The van der Waals surface area contributed by atoms with Crippen molar-refractivity contribution in [3.63, 3.8) is 0 Å². The van der Waals surface area contributed by atoms with Crippen molar-refractivity contribution in [3.8, 4) is 0 Å². The molecule has 0 aromatic heterocycles. The van der Waals surface area contributed by atoms with Crippen molar-refractivity contribution in [1.29, 1.82) is 0 Å². The van der Waals surface area contributed by atoms with E-state index >= 15 is 0 Å². The molecule has 12 heavy (non-hydrogen) atoms. The highest BCUT2D eigenvalue weighted by Crippen LogP contribution is 2.15. The van der Waals surface area contributed by atoms with Gasteiger partial charge in [-0.2, -0.15) is 0 Å². The molecule has 0 amide bonds. The molecule has 0 aromatic rings. The summed E-state index contributed by atoms with van der Waals surface area (Å²) < 4.78 is 5.11. The average molecular weight is 171 g/mol. The Bertz CT molecular complexity index is 168. The normalized spacial score (nSPS) is 23.1. The molecule has 0 aromatic carbocycles. The van der Waals surface area contributed by atoms with Crippen LogP contribution in [0.4, 0.5) is 0 Å². The fraction of sp³-hybridized carbons (Fsp3) is 0.889. The first-order chi connectivity index (χ1) is 5.50. The van der Waals surface area contributed by atoms with Crippen molar-refractivity contribution < 1.29 is 9.53 Å². The van der Waals surface area contributed by atoms with E-state index in [1.165, 1.54) is 0 Å². The molecule has 0 bridgehead atoms. The molecule has 1 fully saturated rings. The molecule has 1 rings (SSSR count). The second-order valence-corrected chi connectivity index (χ2v) is 4.29. The third-order valence-corrected chi connectivity index (χ3v) is 1.95. The largest absolute Gasteiger partial charge is 0.464 e. The minimum Gasteiger partial charge on any atom is -0.464 e. The molecule has 3 heteroatoms. The van der Waals surface area contributed by atoms with E-state index in [1.807, 2.05) is 20.8 Å². The Morgan fingerprint density at radius 2 is 2.17 bits per heavy atom. The molecule has 0 unspecified atom stereocenters. The van der Waals surface area contributed by atoms with Crippen molar-refractivity contribution in [2.24, 2.45) is 5.41 Å². The number of hydrogen-bond acceptors (Lipinski definition) is 3. The molecule has 1 heterocycles. The molecule has 1 saturated heterocycles. The van der Waals surface area contributed by atoms with Gasteiger partial charge in [-0.3, -0.25) is 4.79 Å². The van der Waals surface area contributed by atoms with Crippen LogP contribution in [-0.4, -0.2) is 25.2 Å². The summed E-state index contributed by atoms with van der Waals surface area (Å²) in [6, 6.07) is 0.399. The smallest absolute Gasteiger partial charge is 0.311 e. The van der Waals surface area contributed by atoms with Crippen LogP contribution in [0.2, 0.25) is 0 Å². The Balaban J connectivity index is 2.17. The van der Waals surface area contributed by atoms with Crippen LogP contribution in [0.25, 0.3) is 0 Å². The lowest BCUT2D eigenvalue weighted by Crippen LogP contribution is -2.46. The van der Waals surface area contributed by atoms with Crippen LogP contribution in [0.5, 0.6) is 0 Å². The van der Waals surface area contributed by atoms with E-state index in [0.29, 0.717) is 12.6 Å². The SMILES string of the molecule is CC(C)(C)C(=O)OC[C@@H]1CCN1. The van der Waals surface area contributed by atoms with Gasteiger partial charge in [0.2, 0.25) is 0 Å². The van der Waals surface area contributed by atoms with E-state index in [1.54, 1.807) is 0 Å². The second-order valence-electron chi connectivity index (χ2n) is 4.29. The summed E-state index contributed by atoms with van der Waals surface area (Å²) >= 11 is 0. The van der Waals surface area contributed by atoms with Crippen LogP contribution in [0, 0.1) is 5.41 Å². The van der Waals surface area contributed by atoms with E-state index < -0.39 is 0 Å². The molecule has 1 atom stereocenters. The van der Waals surface area contributed by atoms with Gasteiger partial charge in [0.15, 0.2) is 0 Å². The zero-order chi connectivity index (χ0) is 9.19. The third kappa shape index (κ3) is 2.48. The highest BCUT2D eigenvalue weighted by atomic mass is 16.5. The number of carbonyl (C=O) groups excluding carboxylic acids is 1. The lowest BCUT2D eigenvalue weighted by atomic mass is 9.97. The first kappa shape index (κ1) is 9.52. The van der Waals surface area contributed by atoms with Crippen LogP contribution in [0.1, 0.15) is 27.2 Å². The van der Waals surface area contributed by atoms with Crippen LogP contribution in [0.3, 0.4) is 0 Å². The summed E-state index contributed by atoms with van der Waals surface area (Å²) in [6.45, 7) is 7.17. The van der Waals surface area contributed by atoms with Crippen molar-refractivity contribution in [2.75, 3.05) is 13.2 Å². The lowest BCUT2D eigenvalue weighted by molar-refractivity contribution is -0.154. The number of ether oxygens (including phenoxy) is 1. The molecule has 1 aliphatic rings. The summed E-state index contributed by atoms with van der Waals surface area (Å²) in [6.07, 6.45) is 1.12. The molecule has 0 saturated carbocycles. The van der Waals surface area contributed by atoms with E-state index in [4.69, 9.17) is 4.74 Å². The van der Waals surface area contributed by atoms with Gasteiger partial charge in [0.05, 0.1) is 5.41 Å². The number of esters is 1. The van der Waals surface area contributed by atoms with Crippen LogP contribution in [0.15, 0.2) is 0 Å². The predicted molar refractivity (Wildman–Crippen MR) is 46.8 cm³/mol. The summed E-state index contributed by atoms with van der Waals surface area (Å²) in [7, 11) is 0. The average Bonchev–Trinajstić information content (AvgIpc) is 1.81. The van der Waals surface area contributed by atoms with Crippen molar-refractivity contribution in [2.45, 2.75) is 33.2 Å². The third-order valence-electron chi connectivity index (χ3n) is 1.95. The second kappa shape index (κ2) is 3.44. The zero-order valence-corrected chi connectivity index (χ0v) is 8.02. The van der Waals surface area contributed by atoms with Crippen LogP contribution < -0.4 is 5.32 Å². The number of nitrogens with one attached hydrogen (secondary N) is 1. The maximum atomic E-state index is 11.3.